The summed E-state index contributed by atoms with van der Waals surface area (Å²) < 4.78 is 13.2. The molecule has 0 aliphatic carbocycles. The fraction of sp³-hybridized carbons (Fsp3) is 0.571. The van der Waals surface area contributed by atoms with Crippen molar-refractivity contribution in [2.75, 3.05) is 11.5 Å². The first-order chi connectivity index (χ1) is 8.24. The third-order valence-electron chi connectivity index (χ3n) is 2.74. The second-order valence-corrected chi connectivity index (χ2v) is 5.47. The molecule has 0 heterocycles. The summed E-state index contributed by atoms with van der Waals surface area (Å²) in [6.07, 6.45) is 7.79. The van der Waals surface area contributed by atoms with E-state index in [4.69, 9.17) is 5.73 Å². The summed E-state index contributed by atoms with van der Waals surface area (Å²) in [6.45, 7) is 2.23. The molecule has 0 radical (unpaired) electrons. The highest BCUT2D eigenvalue weighted by atomic mass is 32.2. The normalized spacial score (nSPS) is 10.7. The maximum absolute atomic E-state index is 13.2. The predicted octanol–water partition coefficient (Wildman–Crippen LogP) is 4.86. The molecule has 0 atom stereocenters. The Morgan fingerprint density at radius 2 is 1.82 bits per heavy atom. The van der Waals surface area contributed by atoms with Gasteiger partial charge in [-0.25, -0.2) is 4.39 Å². The van der Waals surface area contributed by atoms with Gasteiger partial charge in [-0.1, -0.05) is 39.0 Å². The minimum Gasteiger partial charge on any atom is -0.396 e. The van der Waals surface area contributed by atoms with E-state index in [9.17, 15) is 4.39 Å². The highest BCUT2D eigenvalue weighted by Gasteiger charge is 2.00. The fourth-order valence-corrected chi connectivity index (χ4v) is 2.61. The summed E-state index contributed by atoms with van der Waals surface area (Å²) in [5, 5.41) is 0. The lowest BCUT2D eigenvalue weighted by molar-refractivity contribution is 0.626. The number of unbranched alkanes of at least 4 members (excludes halogenated alkanes) is 5. The van der Waals surface area contributed by atoms with Crippen molar-refractivity contribution in [1.29, 1.82) is 0 Å². The van der Waals surface area contributed by atoms with E-state index in [1.54, 1.807) is 17.8 Å². The number of rotatable bonds is 8. The summed E-state index contributed by atoms with van der Waals surface area (Å²) >= 11 is 1.71. The second-order valence-electron chi connectivity index (χ2n) is 4.30. The van der Waals surface area contributed by atoms with Crippen molar-refractivity contribution in [2.24, 2.45) is 0 Å². The molecule has 0 unspecified atom stereocenters. The van der Waals surface area contributed by atoms with E-state index < -0.39 is 0 Å². The summed E-state index contributed by atoms with van der Waals surface area (Å²) in [5.74, 6) is 0.758. The van der Waals surface area contributed by atoms with E-state index >= 15 is 0 Å². The number of benzene rings is 1. The molecule has 1 aromatic rings. The first-order valence-electron chi connectivity index (χ1n) is 6.42. The quantitative estimate of drug-likeness (QED) is 0.408. The average molecular weight is 255 g/mol. The molecular weight excluding hydrogens is 233 g/mol. The molecular formula is C14H22FNS. The van der Waals surface area contributed by atoms with Gasteiger partial charge in [-0.2, -0.15) is 0 Å². The maximum Gasteiger partial charge on any atom is 0.147 e. The Hall–Kier alpha value is -0.700. The smallest absolute Gasteiger partial charge is 0.147 e. The maximum atomic E-state index is 13.2. The van der Waals surface area contributed by atoms with Crippen LogP contribution in [0.4, 0.5) is 10.1 Å². The highest BCUT2D eigenvalue weighted by molar-refractivity contribution is 7.99. The molecule has 0 aromatic heterocycles. The zero-order chi connectivity index (χ0) is 12.5. The van der Waals surface area contributed by atoms with Crippen LogP contribution in [-0.2, 0) is 0 Å². The molecule has 0 bridgehead atoms. The zero-order valence-electron chi connectivity index (χ0n) is 10.5. The topological polar surface area (TPSA) is 26.0 Å². The number of halogens is 1. The van der Waals surface area contributed by atoms with Gasteiger partial charge in [0.1, 0.15) is 5.82 Å². The van der Waals surface area contributed by atoms with Gasteiger partial charge in [0, 0.05) is 4.90 Å². The molecule has 0 aliphatic heterocycles. The number of thioether (sulfide) groups is 1. The molecule has 0 spiro atoms. The van der Waals surface area contributed by atoms with Gasteiger partial charge < -0.3 is 5.73 Å². The Kier molecular flexibility index (Phi) is 7.10. The summed E-state index contributed by atoms with van der Waals surface area (Å²) in [5.41, 5.74) is 5.66. The monoisotopic (exact) mass is 255 g/mol. The van der Waals surface area contributed by atoms with Gasteiger partial charge >= 0.3 is 0 Å². The largest absolute Gasteiger partial charge is 0.396 e. The van der Waals surface area contributed by atoms with Crippen molar-refractivity contribution in [3.05, 3.63) is 24.0 Å². The number of nitrogens with two attached hydrogens (primary N) is 1. The van der Waals surface area contributed by atoms with Crippen molar-refractivity contribution in [3.8, 4) is 0 Å². The minimum absolute atomic E-state index is 0.230. The van der Waals surface area contributed by atoms with Gasteiger partial charge in [-0.3, -0.25) is 0 Å². The van der Waals surface area contributed by atoms with Crippen molar-refractivity contribution < 1.29 is 4.39 Å². The number of nitrogen functional groups attached to an aromatic ring is 1. The van der Waals surface area contributed by atoms with Gasteiger partial charge in [-0.15, -0.1) is 11.8 Å². The van der Waals surface area contributed by atoms with Crippen LogP contribution in [0, 0.1) is 5.82 Å². The molecule has 96 valence electrons. The molecule has 17 heavy (non-hydrogen) atoms. The minimum atomic E-state index is -0.307. The summed E-state index contributed by atoms with van der Waals surface area (Å²) in [7, 11) is 0. The van der Waals surface area contributed by atoms with E-state index in [1.807, 2.05) is 6.07 Å². The Balaban J connectivity index is 2.11. The van der Waals surface area contributed by atoms with Crippen LogP contribution in [-0.4, -0.2) is 5.75 Å². The molecule has 0 saturated heterocycles. The molecule has 0 saturated carbocycles. The summed E-state index contributed by atoms with van der Waals surface area (Å²) in [6, 6.07) is 5.05. The third-order valence-corrected chi connectivity index (χ3v) is 3.82. The SMILES string of the molecule is CCCCCCCCSc1ccc(N)c(F)c1. The Labute approximate surface area is 108 Å². The van der Waals surface area contributed by atoms with Gasteiger partial charge in [0.2, 0.25) is 0 Å². The van der Waals surface area contributed by atoms with Crippen LogP contribution in [0.1, 0.15) is 45.4 Å². The molecule has 0 aliphatic rings. The van der Waals surface area contributed by atoms with E-state index in [2.05, 4.69) is 6.92 Å². The van der Waals surface area contributed by atoms with Crippen LogP contribution < -0.4 is 5.73 Å². The second kappa shape index (κ2) is 8.40. The molecule has 1 nitrogen and oxygen atoms in total. The molecule has 2 N–H and O–H groups in total. The van der Waals surface area contributed by atoms with Crippen LogP contribution in [0.15, 0.2) is 23.1 Å². The lowest BCUT2D eigenvalue weighted by atomic mass is 10.1. The standard InChI is InChI=1S/C14H22FNS/c1-2-3-4-5-6-7-10-17-12-8-9-14(16)13(15)11-12/h8-9,11H,2-7,10,16H2,1H3. The first-order valence-corrected chi connectivity index (χ1v) is 7.40. The zero-order valence-corrected chi connectivity index (χ0v) is 11.4. The fourth-order valence-electron chi connectivity index (χ4n) is 1.67. The van der Waals surface area contributed by atoms with Gasteiger partial charge in [0.25, 0.3) is 0 Å². The third kappa shape index (κ3) is 5.97. The Morgan fingerprint density at radius 3 is 2.53 bits per heavy atom. The summed E-state index contributed by atoms with van der Waals surface area (Å²) in [4.78, 5) is 0.977. The molecule has 1 rings (SSSR count). The van der Waals surface area contributed by atoms with E-state index in [0.29, 0.717) is 0 Å². The van der Waals surface area contributed by atoms with E-state index in [-0.39, 0.29) is 11.5 Å². The van der Waals surface area contributed by atoms with Gasteiger partial charge in [-0.05, 0) is 30.4 Å². The lowest BCUT2D eigenvalue weighted by Crippen LogP contribution is -1.90. The van der Waals surface area contributed by atoms with Gasteiger partial charge in [0.05, 0.1) is 5.69 Å². The molecule has 0 amide bonds. The van der Waals surface area contributed by atoms with Crippen molar-refractivity contribution in [2.45, 2.75) is 50.3 Å². The van der Waals surface area contributed by atoms with Gasteiger partial charge in [0.15, 0.2) is 0 Å². The van der Waals surface area contributed by atoms with Crippen LogP contribution in [0.3, 0.4) is 0 Å². The van der Waals surface area contributed by atoms with Crippen LogP contribution in [0.2, 0.25) is 0 Å². The molecule has 3 heteroatoms. The average Bonchev–Trinajstić information content (AvgIpc) is 2.32. The van der Waals surface area contributed by atoms with Crippen LogP contribution in [0.5, 0.6) is 0 Å². The highest BCUT2D eigenvalue weighted by Crippen LogP contribution is 2.23. The number of anilines is 1. The number of hydrogen-bond acceptors (Lipinski definition) is 2. The molecule has 1 aromatic carbocycles. The predicted molar refractivity (Wildman–Crippen MR) is 74.9 cm³/mol. The van der Waals surface area contributed by atoms with Crippen molar-refractivity contribution >= 4 is 17.4 Å². The Bertz CT molecular complexity index is 328. The van der Waals surface area contributed by atoms with Crippen molar-refractivity contribution in [1.82, 2.24) is 0 Å². The first kappa shape index (κ1) is 14.4. The molecule has 0 fully saturated rings. The number of hydrogen-bond donors (Lipinski definition) is 1. The lowest BCUT2D eigenvalue weighted by Gasteiger charge is -2.03. The Morgan fingerprint density at radius 1 is 1.12 bits per heavy atom. The van der Waals surface area contributed by atoms with E-state index in [0.717, 1.165) is 10.6 Å². The van der Waals surface area contributed by atoms with Crippen molar-refractivity contribution in [3.63, 3.8) is 0 Å². The van der Waals surface area contributed by atoms with Crippen LogP contribution in [0.25, 0.3) is 0 Å². The van der Waals surface area contributed by atoms with Crippen LogP contribution >= 0.6 is 11.8 Å². The van der Waals surface area contributed by atoms with E-state index in [1.165, 1.54) is 44.6 Å².